The molecule has 1 aromatic heterocycles. The van der Waals surface area contributed by atoms with Gasteiger partial charge in [-0.2, -0.15) is 0 Å². The number of nitrogens with zero attached hydrogens (tertiary/aromatic N) is 4. The molecule has 0 aliphatic heterocycles. The molecule has 0 saturated carbocycles. The summed E-state index contributed by atoms with van der Waals surface area (Å²) in [6.45, 7) is 5.10. The lowest BCUT2D eigenvalue weighted by molar-refractivity contribution is 0.260. The molecule has 0 aliphatic rings. The second-order valence-electron chi connectivity index (χ2n) is 4.69. The van der Waals surface area contributed by atoms with E-state index in [1.54, 1.807) is 6.20 Å². The lowest BCUT2D eigenvalue weighted by atomic mass is 10.4. The van der Waals surface area contributed by atoms with E-state index >= 15 is 0 Å². The molecule has 0 spiro atoms. The first kappa shape index (κ1) is 16.0. The van der Waals surface area contributed by atoms with E-state index in [0.29, 0.717) is 18.4 Å². The predicted octanol–water partition coefficient (Wildman–Crippen LogP) is 1.49. The number of guanidine groups is 1. The van der Waals surface area contributed by atoms with Gasteiger partial charge < -0.3 is 19.9 Å². The maximum atomic E-state index is 5.58. The lowest BCUT2D eigenvalue weighted by Crippen LogP contribution is -2.29. The average molecular weight is 277 g/mol. The number of likely N-dealkylation sites (N-methyl/N-ethyl adjacent to an activating group) is 1. The molecule has 0 aliphatic carbocycles. The summed E-state index contributed by atoms with van der Waals surface area (Å²) < 4.78 is 5.58. The molecule has 1 aromatic rings. The third-order valence-corrected chi connectivity index (χ3v) is 2.42. The molecule has 0 atom stereocenters. The quantitative estimate of drug-likeness (QED) is 0.631. The van der Waals surface area contributed by atoms with Gasteiger partial charge in [0.05, 0.1) is 6.20 Å². The number of aliphatic imine (C=N–C) groups is 1. The summed E-state index contributed by atoms with van der Waals surface area (Å²) >= 11 is 0. The van der Waals surface area contributed by atoms with Crippen molar-refractivity contribution in [2.24, 2.45) is 4.99 Å². The zero-order chi connectivity index (χ0) is 15.0. The zero-order valence-electron chi connectivity index (χ0n) is 12.6. The maximum absolute atomic E-state index is 5.58. The number of hydrogen-bond acceptors (Lipinski definition) is 4. The minimum Gasteiger partial charge on any atom is -0.491 e. The fourth-order valence-electron chi connectivity index (χ4n) is 1.35. The molecular weight excluding hydrogens is 254 g/mol. The van der Waals surface area contributed by atoms with E-state index in [4.69, 9.17) is 4.74 Å². The molecule has 20 heavy (non-hydrogen) atoms. The fraction of sp³-hybridized carbons (Fsp3) is 0.429. The van der Waals surface area contributed by atoms with Crippen molar-refractivity contribution >= 4 is 11.8 Å². The average Bonchev–Trinajstić information content (AvgIpc) is 2.39. The molecule has 6 heteroatoms. The van der Waals surface area contributed by atoms with Crippen LogP contribution in [-0.2, 0) is 0 Å². The molecule has 0 unspecified atom stereocenters. The van der Waals surface area contributed by atoms with E-state index in [2.05, 4.69) is 26.8 Å². The van der Waals surface area contributed by atoms with E-state index in [9.17, 15) is 0 Å². The first-order valence-electron chi connectivity index (χ1n) is 6.39. The molecule has 0 radical (unpaired) electrons. The second kappa shape index (κ2) is 8.16. The highest BCUT2D eigenvalue weighted by atomic mass is 16.5. The highest BCUT2D eigenvalue weighted by Crippen LogP contribution is 2.12. The standard InChI is InChI=1S/C14H23N5O/c1-6-15-14(19(4)5)17-13-8-7-12(11-16-13)20-10-9-18(2)3/h6-8,11H,1,9-10H2,2-5H3,(H,15,16,17). The van der Waals surface area contributed by atoms with Crippen molar-refractivity contribution in [2.45, 2.75) is 0 Å². The molecule has 1 rings (SSSR count). The monoisotopic (exact) mass is 277 g/mol. The number of aromatic nitrogens is 1. The van der Waals surface area contributed by atoms with E-state index in [0.717, 1.165) is 12.3 Å². The Balaban J connectivity index is 2.57. The molecule has 6 nitrogen and oxygen atoms in total. The van der Waals surface area contributed by atoms with Gasteiger partial charge in [-0.05, 0) is 26.2 Å². The number of ether oxygens (including phenoxy) is 1. The molecule has 0 bridgehead atoms. The van der Waals surface area contributed by atoms with E-state index in [1.807, 2.05) is 45.2 Å². The van der Waals surface area contributed by atoms with Crippen molar-refractivity contribution < 1.29 is 4.74 Å². The van der Waals surface area contributed by atoms with Crippen LogP contribution in [0.3, 0.4) is 0 Å². The molecule has 110 valence electrons. The molecular formula is C14H23N5O. The van der Waals surface area contributed by atoms with Gasteiger partial charge in [-0.3, -0.25) is 0 Å². The Hall–Kier alpha value is -2.08. The largest absolute Gasteiger partial charge is 0.491 e. The summed E-state index contributed by atoms with van der Waals surface area (Å²) in [6.07, 6.45) is 3.18. The van der Waals surface area contributed by atoms with Crippen molar-refractivity contribution in [3.05, 3.63) is 31.1 Å². The third kappa shape index (κ3) is 5.71. The van der Waals surface area contributed by atoms with Crippen LogP contribution in [0.15, 0.2) is 36.1 Å². The van der Waals surface area contributed by atoms with Crippen molar-refractivity contribution in [3.63, 3.8) is 0 Å². The van der Waals surface area contributed by atoms with Crippen LogP contribution in [0.1, 0.15) is 0 Å². The fourth-order valence-corrected chi connectivity index (χ4v) is 1.35. The Morgan fingerprint density at radius 3 is 2.65 bits per heavy atom. The molecule has 0 amide bonds. The van der Waals surface area contributed by atoms with E-state index < -0.39 is 0 Å². The van der Waals surface area contributed by atoms with Gasteiger partial charge in [0.2, 0.25) is 5.96 Å². The second-order valence-corrected chi connectivity index (χ2v) is 4.69. The highest BCUT2D eigenvalue weighted by Gasteiger charge is 2.03. The first-order chi connectivity index (χ1) is 9.52. The van der Waals surface area contributed by atoms with Crippen molar-refractivity contribution in [1.29, 1.82) is 0 Å². The summed E-state index contributed by atoms with van der Waals surface area (Å²) in [4.78, 5) is 12.3. The molecule has 0 saturated heterocycles. The summed E-state index contributed by atoms with van der Waals surface area (Å²) in [7, 11) is 7.81. The van der Waals surface area contributed by atoms with Crippen LogP contribution < -0.4 is 10.1 Å². The topological polar surface area (TPSA) is 53.0 Å². The Labute approximate surface area is 120 Å². The SMILES string of the molecule is C=C/N=C(/Nc1ccc(OCCN(C)C)cn1)N(C)C. The van der Waals surface area contributed by atoms with Crippen LogP contribution >= 0.6 is 0 Å². The van der Waals surface area contributed by atoms with Gasteiger partial charge in [0.15, 0.2) is 0 Å². The van der Waals surface area contributed by atoms with Gasteiger partial charge in [-0.1, -0.05) is 6.58 Å². The van der Waals surface area contributed by atoms with Gasteiger partial charge in [0.25, 0.3) is 0 Å². The maximum Gasteiger partial charge on any atom is 0.203 e. The first-order valence-corrected chi connectivity index (χ1v) is 6.39. The van der Waals surface area contributed by atoms with Gasteiger partial charge >= 0.3 is 0 Å². The van der Waals surface area contributed by atoms with Crippen molar-refractivity contribution in [3.8, 4) is 5.75 Å². The van der Waals surface area contributed by atoms with Gasteiger partial charge in [0.1, 0.15) is 18.2 Å². The summed E-state index contributed by atoms with van der Waals surface area (Å²) in [5.41, 5.74) is 0. The van der Waals surface area contributed by atoms with Gasteiger partial charge in [-0.15, -0.1) is 0 Å². The highest BCUT2D eigenvalue weighted by molar-refractivity contribution is 5.92. The molecule has 1 heterocycles. The number of rotatable bonds is 6. The normalized spacial score (nSPS) is 11.3. The number of hydrogen-bond donors (Lipinski definition) is 1. The molecule has 1 N–H and O–H groups in total. The van der Waals surface area contributed by atoms with Gasteiger partial charge in [-0.25, -0.2) is 9.98 Å². The zero-order valence-corrected chi connectivity index (χ0v) is 12.6. The van der Waals surface area contributed by atoms with Crippen LogP contribution in [0.2, 0.25) is 0 Å². The smallest absolute Gasteiger partial charge is 0.203 e. The van der Waals surface area contributed by atoms with Crippen LogP contribution in [0.25, 0.3) is 0 Å². The number of nitrogens with one attached hydrogen (secondary N) is 1. The van der Waals surface area contributed by atoms with Crippen LogP contribution in [-0.4, -0.2) is 62.1 Å². The Bertz CT molecular complexity index is 439. The molecule has 0 aromatic carbocycles. The summed E-state index contributed by atoms with van der Waals surface area (Å²) in [5, 5.41) is 3.11. The Kier molecular flexibility index (Phi) is 6.52. The van der Waals surface area contributed by atoms with Crippen LogP contribution in [0, 0.1) is 0 Å². The van der Waals surface area contributed by atoms with Gasteiger partial charge in [0, 0.05) is 26.8 Å². The van der Waals surface area contributed by atoms with E-state index in [-0.39, 0.29) is 0 Å². The third-order valence-electron chi connectivity index (χ3n) is 2.42. The Morgan fingerprint density at radius 2 is 2.15 bits per heavy atom. The van der Waals surface area contributed by atoms with Crippen LogP contribution in [0.4, 0.5) is 5.82 Å². The van der Waals surface area contributed by atoms with Crippen LogP contribution in [0.5, 0.6) is 5.75 Å². The van der Waals surface area contributed by atoms with Crippen molar-refractivity contribution in [1.82, 2.24) is 14.8 Å². The number of anilines is 1. The minimum atomic E-state index is 0.641. The molecule has 0 fully saturated rings. The minimum absolute atomic E-state index is 0.641. The predicted molar refractivity (Wildman–Crippen MR) is 83.2 cm³/mol. The van der Waals surface area contributed by atoms with Crippen molar-refractivity contribution in [2.75, 3.05) is 46.7 Å². The summed E-state index contributed by atoms with van der Waals surface area (Å²) in [5.74, 6) is 2.14. The number of pyridine rings is 1. The lowest BCUT2D eigenvalue weighted by Gasteiger charge is -2.16. The summed E-state index contributed by atoms with van der Waals surface area (Å²) in [6, 6.07) is 3.74. The van der Waals surface area contributed by atoms with E-state index in [1.165, 1.54) is 6.20 Å². The Morgan fingerprint density at radius 1 is 1.40 bits per heavy atom.